The van der Waals surface area contributed by atoms with Crippen molar-refractivity contribution in [2.45, 2.75) is 31.0 Å². The van der Waals surface area contributed by atoms with Gasteiger partial charge in [0.2, 0.25) is 10.0 Å². The Kier molecular flexibility index (Phi) is 5.65. The molecule has 2 atom stereocenters. The van der Waals surface area contributed by atoms with Gasteiger partial charge in [-0.25, -0.2) is 13.4 Å². The van der Waals surface area contributed by atoms with E-state index in [0.29, 0.717) is 23.8 Å². The van der Waals surface area contributed by atoms with Crippen LogP contribution < -0.4 is 5.32 Å². The van der Waals surface area contributed by atoms with Crippen LogP contribution in [0, 0.1) is 0 Å². The predicted molar refractivity (Wildman–Crippen MR) is 130 cm³/mol. The molecule has 0 spiro atoms. The van der Waals surface area contributed by atoms with E-state index < -0.39 is 10.0 Å². The third-order valence-electron chi connectivity index (χ3n) is 5.64. The Morgan fingerprint density at radius 3 is 2.45 bits per heavy atom. The van der Waals surface area contributed by atoms with Crippen LogP contribution in [-0.4, -0.2) is 48.9 Å². The minimum Gasteiger partial charge on any atom is -0.373 e. The molecular weight excluding hydrogens is 458 g/mol. The molecule has 1 N–H and O–H groups in total. The smallest absolute Gasteiger partial charge is 0.257 e. The van der Waals surface area contributed by atoms with Crippen LogP contribution in [0.4, 0.5) is 5.13 Å². The number of ether oxygens (including phenoxy) is 1. The van der Waals surface area contributed by atoms with Crippen LogP contribution >= 0.6 is 11.3 Å². The van der Waals surface area contributed by atoms with E-state index in [1.165, 1.54) is 39.9 Å². The lowest BCUT2D eigenvalue weighted by Gasteiger charge is -2.34. The summed E-state index contributed by atoms with van der Waals surface area (Å²) in [6, 6.07) is 18.0. The number of carbonyl (C=O) groups is 1. The molecule has 0 radical (unpaired) electrons. The Morgan fingerprint density at radius 1 is 1.03 bits per heavy atom. The van der Waals surface area contributed by atoms with Gasteiger partial charge in [0, 0.05) is 24.0 Å². The number of hydrogen-bond acceptors (Lipinski definition) is 6. The van der Waals surface area contributed by atoms with Crippen molar-refractivity contribution in [1.29, 1.82) is 0 Å². The summed E-state index contributed by atoms with van der Waals surface area (Å²) in [5, 5.41) is 5.46. The van der Waals surface area contributed by atoms with E-state index in [1.807, 2.05) is 50.2 Å². The third kappa shape index (κ3) is 4.24. The standard InChI is InChI=1S/C24H23N3O4S2/c1-15-13-27(14-16(2)31-15)33(29,30)19-10-7-18(8-11-19)23(28)26-24-25-22-20-6-4-3-5-17(20)9-12-21(22)32-24/h3-12,15-16H,13-14H2,1-2H3,(H,25,26,28). The summed E-state index contributed by atoms with van der Waals surface area (Å²) in [5.41, 5.74) is 1.21. The molecule has 1 aliphatic rings. The van der Waals surface area contributed by atoms with Crippen LogP contribution in [0.15, 0.2) is 65.6 Å². The van der Waals surface area contributed by atoms with Crippen molar-refractivity contribution in [3.63, 3.8) is 0 Å². The number of aromatic nitrogens is 1. The summed E-state index contributed by atoms with van der Waals surface area (Å²) in [6.45, 7) is 4.33. The molecule has 3 aromatic carbocycles. The summed E-state index contributed by atoms with van der Waals surface area (Å²) in [4.78, 5) is 17.6. The maximum atomic E-state index is 13.0. The van der Waals surface area contributed by atoms with Gasteiger partial charge in [0.25, 0.3) is 5.91 Å². The van der Waals surface area contributed by atoms with Gasteiger partial charge in [0.05, 0.1) is 27.3 Å². The van der Waals surface area contributed by atoms with Crippen LogP contribution in [0.25, 0.3) is 21.0 Å². The maximum Gasteiger partial charge on any atom is 0.257 e. The number of anilines is 1. The number of carbonyl (C=O) groups excluding carboxylic acids is 1. The molecule has 1 aliphatic heterocycles. The Bertz CT molecular complexity index is 1440. The maximum absolute atomic E-state index is 13.0. The molecule has 0 aliphatic carbocycles. The summed E-state index contributed by atoms with van der Waals surface area (Å²) in [6.07, 6.45) is -0.334. The first-order chi connectivity index (χ1) is 15.8. The zero-order valence-electron chi connectivity index (χ0n) is 18.2. The topological polar surface area (TPSA) is 88.6 Å². The van der Waals surface area contributed by atoms with E-state index in [9.17, 15) is 13.2 Å². The molecule has 0 saturated carbocycles. The fraction of sp³-hybridized carbons (Fsp3) is 0.250. The number of fused-ring (bicyclic) bond motifs is 3. The van der Waals surface area contributed by atoms with Crippen LogP contribution in [0.1, 0.15) is 24.2 Å². The van der Waals surface area contributed by atoms with Crippen molar-refractivity contribution >= 4 is 53.4 Å². The van der Waals surface area contributed by atoms with Gasteiger partial charge in [0.1, 0.15) is 0 Å². The number of morpholine rings is 1. The highest BCUT2D eigenvalue weighted by molar-refractivity contribution is 7.89. The van der Waals surface area contributed by atoms with Crippen molar-refractivity contribution in [3.05, 3.63) is 66.2 Å². The molecule has 9 heteroatoms. The highest BCUT2D eigenvalue weighted by atomic mass is 32.2. The van der Waals surface area contributed by atoms with Crippen LogP contribution in [0.2, 0.25) is 0 Å². The van der Waals surface area contributed by atoms with Crippen molar-refractivity contribution < 1.29 is 17.9 Å². The van der Waals surface area contributed by atoms with E-state index in [0.717, 1.165) is 21.0 Å². The fourth-order valence-corrected chi connectivity index (χ4v) is 6.61. The SMILES string of the molecule is CC1CN(S(=O)(=O)c2ccc(C(=O)Nc3nc4c(ccc5ccccc54)s3)cc2)CC(C)O1. The number of nitrogens with zero attached hydrogens (tertiary/aromatic N) is 2. The average molecular weight is 482 g/mol. The quantitative estimate of drug-likeness (QED) is 0.464. The normalized spacial score (nSPS) is 19.7. The molecule has 0 bridgehead atoms. The van der Waals surface area contributed by atoms with Gasteiger partial charge >= 0.3 is 0 Å². The Morgan fingerprint density at radius 2 is 1.73 bits per heavy atom. The van der Waals surface area contributed by atoms with Gasteiger partial charge in [-0.1, -0.05) is 41.7 Å². The molecule has 2 unspecified atom stereocenters. The van der Waals surface area contributed by atoms with Gasteiger partial charge in [-0.3, -0.25) is 10.1 Å². The lowest BCUT2D eigenvalue weighted by molar-refractivity contribution is -0.0440. The van der Waals surface area contributed by atoms with Crippen molar-refractivity contribution in [1.82, 2.24) is 9.29 Å². The highest BCUT2D eigenvalue weighted by Crippen LogP contribution is 2.32. The van der Waals surface area contributed by atoms with E-state index in [2.05, 4.69) is 10.3 Å². The lowest BCUT2D eigenvalue weighted by Crippen LogP contribution is -2.48. The number of amides is 1. The second-order valence-corrected chi connectivity index (χ2v) is 11.2. The van der Waals surface area contributed by atoms with Crippen molar-refractivity contribution in [2.75, 3.05) is 18.4 Å². The van der Waals surface area contributed by atoms with E-state index in [-0.39, 0.29) is 23.0 Å². The third-order valence-corrected chi connectivity index (χ3v) is 8.43. The molecule has 170 valence electrons. The Labute approximate surface area is 196 Å². The molecule has 4 aromatic rings. The number of nitrogens with one attached hydrogen (secondary N) is 1. The first kappa shape index (κ1) is 22.0. The largest absolute Gasteiger partial charge is 0.373 e. The van der Waals surface area contributed by atoms with Crippen molar-refractivity contribution in [3.8, 4) is 0 Å². The number of benzene rings is 3. The number of rotatable bonds is 4. The minimum atomic E-state index is -3.66. The van der Waals surface area contributed by atoms with E-state index in [4.69, 9.17) is 4.74 Å². The molecule has 1 saturated heterocycles. The molecule has 2 heterocycles. The highest BCUT2D eigenvalue weighted by Gasteiger charge is 2.32. The van der Waals surface area contributed by atoms with Gasteiger partial charge in [-0.05, 0) is 49.6 Å². The summed E-state index contributed by atoms with van der Waals surface area (Å²) >= 11 is 1.40. The molecule has 1 amide bonds. The molecule has 7 nitrogen and oxygen atoms in total. The molecule has 5 rings (SSSR count). The van der Waals surface area contributed by atoms with Gasteiger partial charge in [0.15, 0.2) is 5.13 Å². The first-order valence-corrected chi connectivity index (χ1v) is 12.9. The Hall–Kier alpha value is -2.85. The Balaban J connectivity index is 1.35. The second kappa shape index (κ2) is 8.49. The number of sulfonamides is 1. The van der Waals surface area contributed by atoms with Gasteiger partial charge in [-0.15, -0.1) is 0 Å². The first-order valence-electron chi connectivity index (χ1n) is 10.7. The van der Waals surface area contributed by atoms with Gasteiger partial charge < -0.3 is 4.74 Å². The van der Waals surface area contributed by atoms with Crippen LogP contribution in [-0.2, 0) is 14.8 Å². The molecule has 33 heavy (non-hydrogen) atoms. The van der Waals surface area contributed by atoms with Gasteiger partial charge in [-0.2, -0.15) is 4.31 Å². The monoisotopic (exact) mass is 481 g/mol. The van der Waals surface area contributed by atoms with Crippen molar-refractivity contribution in [2.24, 2.45) is 0 Å². The summed E-state index contributed by atoms with van der Waals surface area (Å²) in [7, 11) is -3.66. The zero-order valence-corrected chi connectivity index (χ0v) is 19.8. The summed E-state index contributed by atoms with van der Waals surface area (Å²) in [5.74, 6) is -0.337. The molecular formula is C24H23N3O4S2. The number of thiazole rings is 1. The second-order valence-electron chi connectivity index (χ2n) is 8.21. The van der Waals surface area contributed by atoms with Crippen LogP contribution in [0.5, 0.6) is 0 Å². The average Bonchev–Trinajstić information content (AvgIpc) is 3.21. The number of hydrogen-bond donors (Lipinski definition) is 1. The predicted octanol–water partition coefficient (Wildman–Crippen LogP) is 4.50. The van der Waals surface area contributed by atoms with E-state index in [1.54, 1.807) is 0 Å². The minimum absolute atomic E-state index is 0.159. The lowest BCUT2D eigenvalue weighted by atomic mass is 10.1. The zero-order chi connectivity index (χ0) is 23.2. The fourth-order valence-electron chi connectivity index (χ4n) is 4.14. The summed E-state index contributed by atoms with van der Waals surface area (Å²) < 4.78 is 34.1. The molecule has 1 aromatic heterocycles. The van der Waals surface area contributed by atoms with Crippen LogP contribution in [0.3, 0.4) is 0 Å². The molecule has 1 fully saturated rings. The van der Waals surface area contributed by atoms with E-state index >= 15 is 0 Å².